The summed E-state index contributed by atoms with van der Waals surface area (Å²) in [6, 6.07) is 24.3. The Kier molecular flexibility index (Phi) is 4.15. The molecule has 102 valence electrons. The van der Waals surface area contributed by atoms with Crippen LogP contribution in [0.4, 0.5) is 0 Å². The fourth-order valence-corrected chi connectivity index (χ4v) is 3.39. The van der Waals surface area contributed by atoms with Gasteiger partial charge >= 0.3 is 0 Å². The van der Waals surface area contributed by atoms with Gasteiger partial charge in [0.1, 0.15) is 0 Å². The second-order valence-corrected chi connectivity index (χ2v) is 5.93. The number of benzene rings is 3. The Hall–Kier alpha value is -1.94. The van der Waals surface area contributed by atoms with Crippen LogP contribution < -0.4 is 0 Å². The third-order valence-electron chi connectivity index (χ3n) is 3.42. The number of hydrogen-bond donors (Lipinski definition) is 0. The molecular formula is C19H13IO. The maximum atomic E-state index is 11.5. The molecule has 0 aliphatic rings. The van der Waals surface area contributed by atoms with Crippen molar-refractivity contribution in [3.8, 4) is 22.3 Å². The van der Waals surface area contributed by atoms with Crippen LogP contribution in [0.2, 0.25) is 0 Å². The van der Waals surface area contributed by atoms with Crippen LogP contribution in [-0.2, 0) is 0 Å². The molecule has 1 nitrogen and oxygen atoms in total. The van der Waals surface area contributed by atoms with Gasteiger partial charge in [0.05, 0.1) is 0 Å². The Balaban J connectivity index is 2.19. The summed E-state index contributed by atoms with van der Waals surface area (Å²) in [6.07, 6.45) is 0.941. The van der Waals surface area contributed by atoms with E-state index in [1.807, 2.05) is 54.6 Å². The first-order chi connectivity index (χ1) is 10.3. The Labute approximate surface area is 137 Å². The topological polar surface area (TPSA) is 17.1 Å². The van der Waals surface area contributed by atoms with Crippen molar-refractivity contribution in [1.82, 2.24) is 0 Å². The van der Waals surface area contributed by atoms with E-state index in [0.717, 1.165) is 37.7 Å². The van der Waals surface area contributed by atoms with Crippen molar-refractivity contribution in [2.24, 2.45) is 0 Å². The van der Waals surface area contributed by atoms with Gasteiger partial charge in [0, 0.05) is 14.7 Å². The average molecular weight is 384 g/mol. The van der Waals surface area contributed by atoms with Crippen molar-refractivity contribution in [3.05, 3.63) is 81.9 Å². The lowest BCUT2D eigenvalue weighted by Crippen LogP contribution is -1.93. The lowest BCUT2D eigenvalue weighted by Gasteiger charge is -2.11. The van der Waals surface area contributed by atoms with Crippen LogP contribution in [0.15, 0.2) is 72.8 Å². The quantitative estimate of drug-likeness (QED) is 0.434. The molecule has 0 unspecified atom stereocenters. The first-order valence-corrected chi connectivity index (χ1v) is 7.77. The Morgan fingerprint density at radius 3 is 1.86 bits per heavy atom. The molecule has 0 saturated carbocycles. The SMILES string of the molecule is O=Cc1cc(-c2ccccc2)cc(I)c1-c1ccccc1. The molecular weight excluding hydrogens is 371 g/mol. The lowest BCUT2D eigenvalue weighted by molar-refractivity contribution is 0.112. The van der Waals surface area contributed by atoms with Crippen LogP contribution >= 0.6 is 22.6 Å². The van der Waals surface area contributed by atoms with E-state index in [-0.39, 0.29) is 0 Å². The predicted octanol–water partition coefficient (Wildman–Crippen LogP) is 5.44. The summed E-state index contributed by atoms with van der Waals surface area (Å²) in [6.45, 7) is 0. The molecule has 0 aliphatic heterocycles. The van der Waals surface area contributed by atoms with E-state index >= 15 is 0 Å². The van der Waals surface area contributed by atoms with Crippen LogP contribution in [0, 0.1) is 3.57 Å². The third-order valence-corrected chi connectivity index (χ3v) is 4.27. The van der Waals surface area contributed by atoms with Gasteiger partial charge in [0.25, 0.3) is 0 Å². The van der Waals surface area contributed by atoms with E-state index in [4.69, 9.17) is 0 Å². The van der Waals surface area contributed by atoms with Crippen molar-refractivity contribution >= 4 is 28.9 Å². The monoisotopic (exact) mass is 384 g/mol. The number of halogens is 1. The smallest absolute Gasteiger partial charge is 0.150 e. The average Bonchev–Trinajstić information content (AvgIpc) is 2.55. The lowest BCUT2D eigenvalue weighted by atomic mass is 9.95. The molecule has 0 radical (unpaired) electrons. The van der Waals surface area contributed by atoms with E-state index in [0.29, 0.717) is 0 Å². The van der Waals surface area contributed by atoms with Gasteiger partial charge in [-0.25, -0.2) is 0 Å². The predicted molar refractivity (Wildman–Crippen MR) is 95.4 cm³/mol. The standard InChI is InChI=1S/C19H13IO/c20-18-12-16(14-7-3-1-4-8-14)11-17(13-21)19(18)15-9-5-2-6-10-15/h1-13H. The number of aldehydes is 1. The van der Waals surface area contributed by atoms with Gasteiger partial charge in [-0.1, -0.05) is 60.7 Å². The number of carbonyl (C=O) groups excluding carboxylic acids is 1. The third kappa shape index (κ3) is 2.90. The molecule has 21 heavy (non-hydrogen) atoms. The van der Waals surface area contributed by atoms with Gasteiger partial charge in [0.2, 0.25) is 0 Å². The van der Waals surface area contributed by atoms with Crippen LogP contribution in [0.25, 0.3) is 22.3 Å². The highest BCUT2D eigenvalue weighted by molar-refractivity contribution is 14.1. The van der Waals surface area contributed by atoms with Crippen LogP contribution in [0.5, 0.6) is 0 Å². The van der Waals surface area contributed by atoms with E-state index in [9.17, 15) is 4.79 Å². The number of carbonyl (C=O) groups is 1. The van der Waals surface area contributed by atoms with Crippen LogP contribution in [0.1, 0.15) is 10.4 Å². The van der Waals surface area contributed by atoms with Gasteiger partial charge in [0.15, 0.2) is 6.29 Å². The molecule has 3 aromatic carbocycles. The molecule has 0 atom stereocenters. The molecule has 3 aromatic rings. The highest BCUT2D eigenvalue weighted by Crippen LogP contribution is 2.32. The zero-order valence-electron chi connectivity index (χ0n) is 11.3. The molecule has 0 fully saturated rings. The zero-order valence-corrected chi connectivity index (χ0v) is 13.4. The van der Waals surface area contributed by atoms with E-state index < -0.39 is 0 Å². The van der Waals surface area contributed by atoms with E-state index in [2.05, 4.69) is 40.8 Å². The van der Waals surface area contributed by atoms with Gasteiger partial charge in [-0.05, 0) is 51.4 Å². The van der Waals surface area contributed by atoms with Crippen LogP contribution in [-0.4, -0.2) is 6.29 Å². The molecule has 0 saturated heterocycles. The largest absolute Gasteiger partial charge is 0.298 e. The maximum Gasteiger partial charge on any atom is 0.150 e. The van der Waals surface area contributed by atoms with Gasteiger partial charge < -0.3 is 0 Å². The minimum atomic E-state index is 0.729. The van der Waals surface area contributed by atoms with Crippen LogP contribution in [0.3, 0.4) is 0 Å². The van der Waals surface area contributed by atoms with Gasteiger partial charge in [-0.3, -0.25) is 4.79 Å². The van der Waals surface area contributed by atoms with Crippen molar-refractivity contribution in [1.29, 1.82) is 0 Å². The van der Waals surface area contributed by atoms with Crippen molar-refractivity contribution in [2.75, 3.05) is 0 Å². The summed E-state index contributed by atoms with van der Waals surface area (Å²) >= 11 is 2.31. The Morgan fingerprint density at radius 1 is 0.714 bits per heavy atom. The summed E-state index contributed by atoms with van der Waals surface area (Å²) in [7, 11) is 0. The first-order valence-electron chi connectivity index (χ1n) is 6.69. The van der Waals surface area contributed by atoms with Gasteiger partial charge in [-0.15, -0.1) is 0 Å². The highest BCUT2D eigenvalue weighted by atomic mass is 127. The molecule has 3 rings (SSSR count). The van der Waals surface area contributed by atoms with Crippen molar-refractivity contribution < 1.29 is 4.79 Å². The van der Waals surface area contributed by atoms with E-state index in [1.54, 1.807) is 0 Å². The molecule has 0 aliphatic carbocycles. The second-order valence-electron chi connectivity index (χ2n) is 4.77. The minimum Gasteiger partial charge on any atom is -0.298 e. The van der Waals surface area contributed by atoms with Crippen molar-refractivity contribution in [3.63, 3.8) is 0 Å². The fraction of sp³-hybridized carbons (Fsp3) is 0. The zero-order chi connectivity index (χ0) is 14.7. The second kappa shape index (κ2) is 6.22. The molecule has 0 amide bonds. The summed E-state index contributed by atoms with van der Waals surface area (Å²) in [5.74, 6) is 0. The fourth-order valence-electron chi connectivity index (χ4n) is 2.43. The summed E-state index contributed by atoms with van der Waals surface area (Å²) in [5, 5.41) is 0. The van der Waals surface area contributed by atoms with E-state index in [1.165, 1.54) is 0 Å². The summed E-state index contributed by atoms with van der Waals surface area (Å²) in [5.41, 5.74) is 5.00. The Morgan fingerprint density at radius 2 is 1.29 bits per heavy atom. The molecule has 0 aromatic heterocycles. The highest BCUT2D eigenvalue weighted by Gasteiger charge is 2.11. The number of rotatable bonds is 3. The first kappa shape index (κ1) is 14.0. The molecule has 2 heteroatoms. The summed E-state index contributed by atoms with van der Waals surface area (Å²) in [4.78, 5) is 11.5. The molecule has 0 spiro atoms. The van der Waals surface area contributed by atoms with Crippen molar-refractivity contribution in [2.45, 2.75) is 0 Å². The summed E-state index contributed by atoms with van der Waals surface area (Å²) < 4.78 is 1.09. The van der Waals surface area contributed by atoms with Gasteiger partial charge in [-0.2, -0.15) is 0 Å². The maximum absolute atomic E-state index is 11.5. The number of hydrogen-bond acceptors (Lipinski definition) is 1. The molecule has 0 N–H and O–H groups in total. The Bertz CT molecular complexity index is 764. The molecule has 0 bridgehead atoms. The normalized spacial score (nSPS) is 10.3. The molecule has 0 heterocycles. The minimum absolute atomic E-state index is 0.729.